The zero-order chi connectivity index (χ0) is 14.8. The summed E-state index contributed by atoms with van der Waals surface area (Å²) in [7, 11) is 0. The molecule has 0 unspecified atom stereocenters. The Morgan fingerprint density at radius 1 is 1.20 bits per heavy atom. The zero-order valence-corrected chi connectivity index (χ0v) is 11.7. The van der Waals surface area contributed by atoms with Crippen LogP contribution in [0.1, 0.15) is 35.7 Å². The predicted molar refractivity (Wildman–Crippen MR) is 75.8 cm³/mol. The Bertz CT molecular complexity index is 428. The third-order valence-electron chi connectivity index (χ3n) is 2.78. The Morgan fingerprint density at radius 2 is 1.90 bits per heavy atom. The van der Waals surface area contributed by atoms with Crippen LogP contribution >= 0.6 is 0 Å². The molecule has 110 valence electrons. The van der Waals surface area contributed by atoms with Gasteiger partial charge in [-0.25, -0.2) is 4.79 Å². The van der Waals surface area contributed by atoms with Crippen molar-refractivity contribution < 1.29 is 19.4 Å². The van der Waals surface area contributed by atoms with Gasteiger partial charge in [-0.1, -0.05) is 25.5 Å². The predicted octanol–water partition coefficient (Wildman–Crippen LogP) is 1.86. The molecule has 0 saturated heterocycles. The van der Waals surface area contributed by atoms with Gasteiger partial charge in [0.1, 0.15) is 0 Å². The highest BCUT2D eigenvalue weighted by Crippen LogP contribution is 2.05. The second-order valence-corrected chi connectivity index (χ2v) is 4.49. The number of carboxylic acids is 1. The number of benzene rings is 1. The molecule has 0 aliphatic rings. The third kappa shape index (κ3) is 6.33. The molecule has 0 aliphatic carbocycles. The van der Waals surface area contributed by atoms with Crippen LogP contribution in [0.15, 0.2) is 24.3 Å². The Balaban J connectivity index is 2.23. The summed E-state index contributed by atoms with van der Waals surface area (Å²) in [5, 5.41) is 11.5. The van der Waals surface area contributed by atoms with Crippen LogP contribution in [-0.2, 0) is 16.0 Å². The number of ether oxygens (including phenoxy) is 1. The molecule has 0 aromatic heterocycles. The first-order valence-corrected chi connectivity index (χ1v) is 6.80. The van der Waals surface area contributed by atoms with Crippen LogP contribution in [0.2, 0.25) is 0 Å². The fourth-order valence-corrected chi connectivity index (χ4v) is 1.62. The maximum absolute atomic E-state index is 11.6. The lowest BCUT2D eigenvalue weighted by Gasteiger charge is -2.06. The SMILES string of the molecule is CCCCOCCNC(=O)Cc1ccc(C(=O)O)cc1. The maximum atomic E-state index is 11.6. The summed E-state index contributed by atoms with van der Waals surface area (Å²) in [6.07, 6.45) is 2.37. The first-order valence-electron chi connectivity index (χ1n) is 6.80. The molecule has 1 rings (SSSR count). The number of unbranched alkanes of at least 4 members (excludes halogenated alkanes) is 1. The maximum Gasteiger partial charge on any atom is 0.335 e. The highest BCUT2D eigenvalue weighted by molar-refractivity contribution is 5.87. The fourth-order valence-electron chi connectivity index (χ4n) is 1.62. The van der Waals surface area contributed by atoms with E-state index in [4.69, 9.17) is 9.84 Å². The third-order valence-corrected chi connectivity index (χ3v) is 2.78. The summed E-state index contributed by atoms with van der Waals surface area (Å²) < 4.78 is 5.34. The van der Waals surface area contributed by atoms with Crippen molar-refractivity contribution in [2.24, 2.45) is 0 Å². The first kappa shape index (κ1) is 16.2. The molecule has 1 aromatic carbocycles. The lowest BCUT2D eigenvalue weighted by Crippen LogP contribution is -2.28. The van der Waals surface area contributed by atoms with Gasteiger partial charge in [-0.2, -0.15) is 0 Å². The largest absolute Gasteiger partial charge is 0.478 e. The van der Waals surface area contributed by atoms with Crippen molar-refractivity contribution in [3.05, 3.63) is 35.4 Å². The van der Waals surface area contributed by atoms with E-state index >= 15 is 0 Å². The molecule has 5 heteroatoms. The van der Waals surface area contributed by atoms with Crippen molar-refractivity contribution in [2.75, 3.05) is 19.8 Å². The Hall–Kier alpha value is -1.88. The van der Waals surface area contributed by atoms with Crippen LogP contribution in [-0.4, -0.2) is 36.7 Å². The topological polar surface area (TPSA) is 75.6 Å². The van der Waals surface area contributed by atoms with Gasteiger partial charge in [-0.05, 0) is 24.1 Å². The monoisotopic (exact) mass is 279 g/mol. The summed E-state index contributed by atoms with van der Waals surface area (Å²) in [5.74, 6) is -1.06. The lowest BCUT2D eigenvalue weighted by atomic mass is 10.1. The normalized spacial score (nSPS) is 10.2. The molecule has 1 aromatic rings. The number of hydrogen-bond donors (Lipinski definition) is 2. The number of nitrogens with one attached hydrogen (secondary N) is 1. The first-order chi connectivity index (χ1) is 9.63. The molecule has 0 atom stereocenters. The van der Waals surface area contributed by atoms with Gasteiger partial charge in [0.25, 0.3) is 0 Å². The van der Waals surface area contributed by atoms with Crippen molar-refractivity contribution >= 4 is 11.9 Å². The number of amides is 1. The van der Waals surface area contributed by atoms with Crippen LogP contribution in [0.25, 0.3) is 0 Å². The number of aromatic carboxylic acids is 1. The molecule has 20 heavy (non-hydrogen) atoms. The molecule has 2 N–H and O–H groups in total. The summed E-state index contributed by atoms with van der Waals surface area (Å²) in [5.41, 5.74) is 1.01. The number of hydrogen-bond acceptors (Lipinski definition) is 3. The van der Waals surface area contributed by atoms with E-state index < -0.39 is 5.97 Å². The zero-order valence-electron chi connectivity index (χ0n) is 11.7. The van der Waals surface area contributed by atoms with Crippen LogP contribution in [0, 0.1) is 0 Å². The minimum absolute atomic E-state index is 0.0906. The number of carbonyl (C=O) groups is 2. The number of carbonyl (C=O) groups excluding carboxylic acids is 1. The van der Waals surface area contributed by atoms with Gasteiger partial charge in [0.2, 0.25) is 5.91 Å². The van der Waals surface area contributed by atoms with E-state index in [2.05, 4.69) is 12.2 Å². The molecular weight excluding hydrogens is 258 g/mol. The van der Waals surface area contributed by atoms with Gasteiger partial charge in [-0.3, -0.25) is 4.79 Å². The van der Waals surface area contributed by atoms with Crippen LogP contribution in [0.3, 0.4) is 0 Å². The molecule has 0 saturated carbocycles. The molecule has 5 nitrogen and oxygen atoms in total. The summed E-state index contributed by atoms with van der Waals surface area (Å²) in [6.45, 7) is 3.84. The van der Waals surface area contributed by atoms with Crippen molar-refractivity contribution in [1.82, 2.24) is 5.32 Å². The molecular formula is C15H21NO4. The summed E-state index contributed by atoms with van der Waals surface area (Å²) in [4.78, 5) is 22.3. The standard InChI is InChI=1S/C15H21NO4/c1-2-3-9-20-10-8-16-14(17)11-12-4-6-13(7-5-12)15(18)19/h4-7H,2-3,8-11H2,1H3,(H,16,17)(H,18,19). The molecule has 0 heterocycles. The van der Waals surface area contributed by atoms with E-state index in [-0.39, 0.29) is 17.9 Å². The quantitative estimate of drug-likeness (QED) is 0.677. The van der Waals surface area contributed by atoms with Gasteiger partial charge >= 0.3 is 5.97 Å². The Morgan fingerprint density at radius 3 is 2.50 bits per heavy atom. The van der Waals surface area contributed by atoms with E-state index in [1.807, 2.05) is 0 Å². The van der Waals surface area contributed by atoms with E-state index in [9.17, 15) is 9.59 Å². The molecule has 0 spiro atoms. The molecule has 1 amide bonds. The van der Waals surface area contributed by atoms with Crippen LogP contribution in [0.5, 0.6) is 0 Å². The van der Waals surface area contributed by atoms with Crippen molar-refractivity contribution in [3.63, 3.8) is 0 Å². The van der Waals surface area contributed by atoms with Crippen LogP contribution < -0.4 is 5.32 Å². The van der Waals surface area contributed by atoms with Crippen molar-refractivity contribution in [3.8, 4) is 0 Å². The van der Waals surface area contributed by atoms with Crippen LogP contribution in [0.4, 0.5) is 0 Å². The fraction of sp³-hybridized carbons (Fsp3) is 0.467. The van der Waals surface area contributed by atoms with E-state index in [0.29, 0.717) is 13.2 Å². The molecule has 0 bridgehead atoms. The van der Waals surface area contributed by atoms with E-state index in [1.165, 1.54) is 12.1 Å². The Labute approximate surface area is 118 Å². The van der Waals surface area contributed by atoms with Gasteiger partial charge < -0.3 is 15.2 Å². The average Bonchev–Trinajstić information content (AvgIpc) is 2.43. The second kappa shape index (κ2) is 9.09. The lowest BCUT2D eigenvalue weighted by molar-refractivity contribution is -0.120. The number of rotatable bonds is 9. The van der Waals surface area contributed by atoms with E-state index in [1.54, 1.807) is 12.1 Å². The van der Waals surface area contributed by atoms with E-state index in [0.717, 1.165) is 25.0 Å². The summed E-state index contributed by atoms with van der Waals surface area (Å²) >= 11 is 0. The van der Waals surface area contributed by atoms with Gasteiger partial charge in [-0.15, -0.1) is 0 Å². The minimum atomic E-state index is -0.967. The smallest absolute Gasteiger partial charge is 0.335 e. The van der Waals surface area contributed by atoms with Gasteiger partial charge in [0.05, 0.1) is 18.6 Å². The van der Waals surface area contributed by atoms with Gasteiger partial charge in [0.15, 0.2) is 0 Å². The highest BCUT2D eigenvalue weighted by atomic mass is 16.5. The molecule has 0 aliphatic heterocycles. The molecule has 0 radical (unpaired) electrons. The summed E-state index contributed by atoms with van der Waals surface area (Å²) in [6, 6.07) is 6.30. The second-order valence-electron chi connectivity index (χ2n) is 4.49. The molecule has 0 fully saturated rings. The minimum Gasteiger partial charge on any atom is -0.478 e. The van der Waals surface area contributed by atoms with Crippen molar-refractivity contribution in [1.29, 1.82) is 0 Å². The Kier molecular flexibility index (Phi) is 7.35. The van der Waals surface area contributed by atoms with Gasteiger partial charge in [0, 0.05) is 13.2 Å². The average molecular weight is 279 g/mol. The highest BCUT2D eigenvalue weighted by Gasteiger charge is 2.05. The number of carboxylic acid groups (broad SMARTS) is 1. The van der Waals surface area contributed by atoms with Crippen molar-refractivity contribution in [2.45, 2.75) is 26.2 Å².